The van der Waals surface area contributed by atoms with Crippen LogP contribution in [-0.4, -0.2) is 91.1 Å². The lowest BCUT2D eigenvalue weighted by Gasteiger charge is -2.50. The Morgan fingerprint density at radius 2 is 0.790 bits per heavy atom. The third-order valence-electron chi connectivity index (χ3n) is 14.3. The van der Waals surface area contributed by atoms with E-state index in [1.54, 1.807) is 5.06 Å². The van der Waals surface area contributed by atoms with E-state index in [-0.39, 0.29) is 0 Å². The van der Waals surface area contributed by atoms with Crippen molar-refractivity contribution >= 4 is 0 Å². The second kappa shape index (κ2) is 24.6. The van der Waals surface area contributed by atoms with Crippen molar-refractivity contribution in [3.8, 4) is 0 Å². The summed E-state index contributed by atoms with van der Waals surface area (Å²) in [5.74, 6) is 0.584. The molecule has 0 amide bonds. The molecule has 2 aliphatic heterocycles. The van der Waals surface area contributed by atoms with E-state index in [0.717, 1.165) is 89.9 Å². The third-order valence-corrected chi connectivity index (χ3v) is 14.3. The van der Waals surface area contributed by atoms with Crippen LogP contribution in [0.5, 0.6) is 0 Å². The van der Waals surface area contributed by atoms with Crippen molar-refractivity contribution in [3.63, 3.8) is 0 Å². The summed E-state index contributed by atoms with van der Waals surface area (Å²) in [6.07, 6.45) is 13.6. The molecule has 2 spiro atoms. The molecule has 8 heteroatoms. The summed E-state index contributed by atoms with van der Waals surface area (Å²) in [6.45, 7) is 4.95. The third kappa shape index (κ3) is 13.8. The summed E-state index contributed by atoms with van der Waals surface area (Å²) >= 11 is 0. The number of benzene rings is 4. The zero-order valence-corrected chi connectivity index (χ0v) is 37.2. The highest BCUT2D eigenvalue weighted by Crippen LogP contribution is 2.48. The topological polar surface area (TPSA) is 83.9 Å². The van der Waals surface area contributed by atoms with Gasteiger partial charge in [0, 0.05) is 45.7 Å². The average Bonchev–Trinajstić information content (AvgIpc) is 3.32. The van der Waals surface area contributed by atoms with Gasteiger partial charge in [0.1, 0.15) is 0 Å². The van der Waals surface area contributed by atoms with Crippen LogP contribution in [0.4, 0.5) is 0 Å². The molecule has 4 aromatic rings. The molecule has 0 aromatic heterocycles. The maximum Gasteiger partial charge on any atom is 0.170 e. The van der Waals surface area contributed by atoms with E-state index >= 15 is 0 Å². The maximum atomic E-state index is 12.3. The summed E-state index contributed by atoms with van der Waals surface area (Å²) in [4.78, 5) is 0. The summed E-state index contributed by atoms with van der Waals surface area (Å²) in [6, 6.07) is 43.2. The van der Waals surface area contributed by atoms with Gasteiger partial charge in [0.2, 0.25) is 0 Å². The minimum Gasteiger partial charge on any atom is -0.379 e. The Bertz CT molecular complexity index is 1730. The molecule has 336 valence electrons. The van der Waals surface area contributed by atoms with Crippen molar-refractivity contribution in [1.29, 1.82) is 0 Å². The van der Waals surface area contributed by atoms with Gasteiger partial charge < -0.3 is 29.4 Å². The molecule has 2 heterocycles. The van der Waals surface area contributed by atoms with E-state index < -0.39 is 11.3 Å². The fourth-order valence-electron chi connectivity index (χ4n) is 10.7. The Balaban J connectivity index is 1.09. The molecule has 0 bridgehead atoms. The lowest BCUT2D eigenvalue weighted by molar-refractivity contribution is -0.290. The Kier molecular flexibility index (Phi) is 18.5. The predicted octanol–water partition coefficient (Wildman–Crippen LogP) is 11.9. The van der Waals surface area contributed by atoms with E-state index in [0.29, 0.717) is 89.4 Å². The van der Waals surface area contributed by atoms with Gasteiger partial charge in [-0.3, -0.25) is 0 Å². The number of hydrogen-bond acceptors (Lipinski definition) is 8. The van der Waals surface area contributed by atoms with E-state index in [2.05, 4.69) is 121 Å². The quantitative estimate of drug-likeness (QED) is 0.210. The minimum atomic E-state index is -0.893. The van der Waals surface area contributed by atoms with Gasteiger partial charge in [-0.1, -0.05) is 121 Å². The predicted molar refractivity (Wildman–Crippen MR) is 247 cm³/mol. The van der Waals surface area contributed by atoms with E-state index in [1.165, 1.54) is 27.3 Å². The Morgan fingerprint density at radius 1 is 0.403 bits per heavy atom. The molecule has 62 heavy (non-hydrogen) atoms. The lowest BCUT2D eigenvalue weighted by Crippen LogP contribution is -2.56. The first-order chi connectivity index (χ1) is 30.5. The van der Waals surface area contributed by atoms with Crippen LogP contribution in [0.1, 0.15) is 142 Å². The normalized spacial score (nSPS) is 29.6. The van der Waals surface area contributed by atoms with Crippen molar-refractivity contribution in [2.45, 2.75) is 131 Å². The smallest absolute Gasteiger partial charge is 0.170 e. The summed E-state index contributed by atoms with van der Waals surface area (Å²) in [7, 11) is 0. The van der Waals surface area contributed by atoms with E-state index in [9.17, 15) is 10.4 Å². The van der Waals surface area contributed by atoms with Crippen LogP contribution in [0.3, 0.4) is 0 Å². The van der Waals surface area contributed by atoms with Gasteiger partial charge >= 0.3 is 0 Å². The standard InChI is InChI=1S/C54H74N2O6/c57-55-35-29-50(46-18-7-2-8-19-46)25-14-38-59-40-42-61-54(62-43-41-60-39-15-26-51(30-36-55)47-20-9-3-10-21-47)32-13-24-49(45-16-5-1-6-17-45)31-37-56(58)53(44-54)33-27-52(28-34-53)48-22-11-4-12-23-48/h1-12,16-23,49-52,57-58H,13-15,24-44H2. The van der Waals surface area contributed by atoms with Crippen LogP contribution >= 0.6 is 0 Å². The zero-order valence-electron chi connectivity index (χ0n) is 37.2. The second-order valence-electron chi connectivity index (χ2n) is 18.4. The van der Waals surface area contributed by atoms with Crippen molar-refractivity contribution in [3.05, 3.63) is 144 Å². The first kappa shape index (κ1) is 46.5. The van der Waals surface area contributed by atoms with Crippen molar-refractivity contribution < 1.29 is 29.4 Å². The number of rotatable bonds is 4. The molecular weight excluding hydrogens is 773 g/mol. The first-order valence-corrected chi connectivity index (χ1v) is 24.0. The maximum absolute atomic E-state index is 12.3. The van der Waals surface area contributed by atoms with Gasteiger partial charge in [0.25, 0.3) is 0 Å². The van der Waals surface area contributed by atoms with Gasteiger partial charge in [-0.2, -0.15) is 10.1 Å². The summed E-state index contributed by atoms with van der Waals surface area (Å²) in [5.41, 5.74) is 4.88. The van der Waals surface area contributed by atoms with Crippen LogP contribution in [0.25, 0.3) is 0 Å². The number of nitrogens with zero attached hydrogens (tertiary/aromatic N) is 2. The molecule has 3 fully saturated rings. The molecule has 7 rings (SSSR count). The van der Waals surface area contributed by atoms with Gasteiger partial charge in [-0.15, -0.1) is 0 Å². The molecule has 3 unspecified atom stereocenters. The second-order valence-corrected chi connectivity index (χ2v) is 18.4. The van der Waals surface area contributed by atoms with Crippen molar-refractivity contribution in [1.82, 2.24) is 10.1 Å². The minimum absolute atomic E-state index is 0.333. The van der Waals surface area contributed by atoms with Crippen LogP contribution in [0.15, 0.2) is 121 Å². The number of hydroxylamine groups is 4. The van der Waals surface area contributed by atoms with Crippen LogP contribution in [0, 0.1) is 0 Å². The summed E-state index contributed by atoms with van der Waals surface area (Å²) in [5, 5.41) is 26.6. The van der Waals surface area contributed by atoms with Crippen LogP contribution in [-0.2, 0) is 18.9 Å². The van der Waals surface area contributed by atoms with Gasteiger partial charge in [-0.05, 0) is 129 Å². The van der Waals surface area contributed by atoms with Gasteiger partial charge in [0.15, 0.2) is 5.79 Å². The SMILES string of the molecule is ON1CCC(c2ccccc2)CCCOCCOC2(CCCC(c3ccccc3)CCN(O)C3(CCC(c4ccccc4)CC3)C2)OCCOCCCC(c2ccccc2)CC1. The van der Waals surface area contributed by atoms with E-state index in [4.69, 9.17) is 18.9 Å². The fraction of sp³-hybridized carbons (Fsp3) is 0.556. The van der Waals surface area contributed by atoms with Crippen LogP contribution < -0.4 is 0 Å². The van der Waals surface area contributed by atoms with E-state index in [1.807, 2.05) is 0 Å². The highest BCUT2D eigenvalue weighted by Gasteiger charge is 2.49. The van der Waals surface area contributed by atoms with Crippen molar-refractivity contribution in [2.24, 2.45) is 0 Å². The number of ether oxygens (including phenoxy) is 4. The molecule has 2 saturated heterocycles. The molecule has 0 radical (unpaired) electrons. The van der Waals surface area contributed by atoms with Crippen molar-refractivity contribution in [2.75, 3.05) is 59.3 Å². The molecule has 2 N–H and O–H groups in total. The number of hydrogen-bond donors (Lipinski definition) is 2. The summed E-state index contributed by atoms with van der Waals surface area (Å²) < 4.78 is 26.7. The van der Waals surface area contributed by atoms with Gasteiger partial charge in [0.05, 0.1) is 32.0 Å². The largest absolute Gasteiger partial charge is 0.379 e. The molecule has 1 aliphatic carbocycles. The molecular formula is C54H74N2O6. The molecule has 3 aliphatic rings. The Labute approximate surface area is 372 Å². The van der Waals surface area contributed by atoms with Crippen LogP contribution in [0.2, 0.25) is 0 Å². The average molecular weight is 847 g/mol. The monoisotopic (exact) mass is 847 g/mol. The molecule has 4 aromatic carbocycles. The Morgan fingerprint density at radius 3 is 1.23 bits per heavy atom. The highest BCUT2D eigenvalue weighted by molar-refractivity contribution is 5.23. The first-order valence-electron chi connectivity index (χ1n) is 24.0. The Hall–Kier alpha value is -3.44. The molecule has 8 nitrogen and oxygen atoms in total. The fourth-order valence-corrected chi connectivity index (χ4v) is 10.7. The highest BCUT2D eigenvalue weighted by atomic mass is 16.7. The molecule has 1 saturated carbocycles. The molecule has 3 atom stereocenters. The van der Waals surface area contributed by atoms with Gasteiger partial charge in [-0.25, -0.2) is 0 Å². The zero-order chi connectivity index (χ0) is 42.7. The lowest BCUT2D eigenvalue weighted by atomic mass is 9.70.